The van der Waals surface area contributed by atoms with Gasteiger partial charge in [0.25, 0.3) is 0 Å². The van der Waals surface area contributed by atoms with Gasteiger partial charge in [-0.05, 0) is 26.2 Å². The molecule has 6 heteroatoms. The molecule has 1 aliphatic carbocycles. The molecule has 3 N–H and O–H groups in total. The minimum atomic E-state index is -4.18. The van der Waals surface area contributed by atoms with Crippen molar-refractivity contribution in [1.29, 1.82) is 0 Å². The second-order valence-electron chi connectivity index (χ2n) is 4.75. The first kappa shape index (κ1) is 14.3. The van der Waals surface area contributed by atoms with Crippen LogP contribution in [0.2, 0.25) is 0 Å². The molecule has 0 spiro atoms. The topological polar surface area (TPSA) is 55.1 Å². The monoisotopic (exact) mass is 252 g/mol. The number of nitrogens with two attached hydrogens (primary N) is 1. The van der Waals surface area contributed by atoms with Crippen LogP contribution >= 0.6 is 0 Å². The summed E-state index contributed by atoms with van der Waals surface area (Å²) >= 11 is 0. The number of hydrogen-bond acceptors (Lipinski definition) is 2. The molecule has 1 saturated carbocycles. The van der Waals surface area contributed by atoms with Crippen LogP contribution in [0.1, 0.15) is 32.6 Å². The summed E-state index contributed by atoms with van der Waals surface area (Å²) in [6, 6.07) is -0.186. The molecule has 0 saturated heterocycles. The normalized spacial score (nSPS) is 27.6. The first-order valence-corrected chi connectivity index (χ1v) is 5.91. The van der Waals surface area contributed by atoms with Crippen LogP contribution in [0.5, 0.6) is 0 Å². The van der Waals surface area contributed by atoms with Gasteiger partial charge in [-0.15, -0.1) is 0 Å². The number of carbonyl (C=O) groups excluding carboxylic acids is 1. The van der Waals surface area contributed by atoms with Crippen LogP contribution in [-0.4, -0.2) is 24.7 Å². The van der Waals surface area contributed by atoms with Gasteiger partial charge in [-0.1, -0.05) is 6.42 Å². The number of carbonyl (C=O) groups is 1. The smallest absolute Gasteiger partial charge is 0.352 e. The Bertz CT molecular complexity index is 268. The van der Waals surface area contributed by atoms with Gasteiger partial charge in [0, 0.05) is 18.5 Å². The molecule has 100 valence electrons. The van der Waals surface area contributed by atoms with Crippen molar-refractivity contribution >= 4 is 5.91 Å². The van der Waals surface area contributed by atoms with Crippen molar-refractivity contribution in [2.45, 2.75) is 44.8 Å². The molecule has 0 radical (unpaired) electrons. The van der Waals surface area contributed by atoms with Gasteiger partial charge in [0.05, 0.1) is 5.92 Å². The predicted octanol–water partition coefficient (Wildman–Crippen LogP) is 1.82. The Kier molecular flexibility index (Phi) is 4.80. The van der Waals surface area contributed by atoms with Gasteiger partial charge in [-0.3, -0.25) is 4.79 Å². The SMILES string of the molecule is C[C@H](CN)NC(=O)C1CCCC(C(F)(F)F)C1. The van der Waals surface area contributed by atoms with Crippen molar-refractivity contribution in [3.63, 3.8) is 0 Å². The molecule has 1 rings (SSSR count). The van der Waals surface area contributed by atoms with E-state index in [0.717, 1.165) is 0 Å². The lowest BCUT2D eigenvalue weighted by atomic mass is 9.80. The van der Waals surface area contributed by atoms with Crippen LogP contribution < -0.4 is 11.1 Å². The van der Waals surface area contributed by atoms with Crippen LogP contribution in [0.25, 0.3) is 0 Å². The highest BCUT2D eigenvalue weighted by atomic mass is 19.4. The number of hydrogen-bond donors (Lipinski definition) is 2. The largest absolute Gasteiger partial charge is 0.391 e. The second kappa shape index (κ2) is 5.71. The maximum Gasteiger partial charge on any atom is 0.391 e. The van der Waals surface area contributed by atoms with Gasteiger partial charge in [-0.2, -0.15) is 13.2 Å². The highest BCUT2D eigenvalue weighted by molar-refractivity contribution is 5.79. The number of nitrogens with one attached hydrogen (secondary N) is 1. The van der Waals surface area contributed by atoms with Crippen LogP contribution in [-0.2, 0) is 4.79 Å². The van der Waals surface area contributed by atoms with E-state index < -0.39 is 18.0 Å². The molecule has 1 amide bonds. The minimum absolute atomic E-state index is 0.0907. The third-order valence-corrected chi connectivity index (χ3v) is 3.25. The van der Waals surface area contributed by atoms with Crippen molar-refractivity contribution < 1.29 is 18.0 Å². The van der Waals surface area contributed by atoms with Gasteiger partial charge < -0.3 is 11.1 Å². The van der Waals surface area contributed by atoms with Crippen molar-refractivity contribution in [2.24, 2.45) is 17.6 Å². The van der Waals surface area contributed by atoms with Crippen molar-refractivity contribution in [3.05, 3.63) is 0 Å². The number of alkyl halides is 3. The fourth-order valence-corrected chi connectivity index (χ4v) is 2.14. The van der Waals surface area contributed by atoms with E-state index in [1.165, 1.54) is 0 Å². The minimum Gasteiger partial charge on any atom is -0.352 e. The zero-order valence-electron chi connectivity index (χ0n) is 9.89. The quantitative estimate of drug-likeness (QED) is 0.805. The number of rotatable bonds is 3. The van der Waals surface area contributed by atoms with Crippen molar-refractivity contribution in [2.75, 3.05) is 6.54 Å². The average Bonchev–Trinajstić information content (AvgIpc) is 2.28. The maximum atomic E-state index is 12.6. The molecule has 3 atom stereocenters. The first-order valence-electron chi connectivity index (χ1n) is 5.91. The third kappa shape index (κ3) is 4.18. The Morgan fingerprint density at radius 3 is 2.65 bits per heavy atom. The van der Waals surface area contributed by atoms with Crippen LogP contribution in [0.3, 0.4) is 0 Å². The Hall–Kier alpha value is -0.780. The molecule has 1 aliphatic rings. The molecule has 3 nitrogen and oxygen atoms in total. The molecule has 0 bridgehead atoms. The zero-order valence-corrected chi connectivity index (χ0v) is 9.89. The van der Waals surface area contributed by atoms with E-state index in [2.05, 4.69) is 5.32 Å². The van der Waals surface area contributed by atoms with Crippen LogP contribution in [0, 0.1) is 11.8 Å². The molecule has 0 aromatic rings. The number of halogens is 3. The van der Waals surface area contributed by atoms with E-state index >= 15 is 0 Å². The van der Waals surface area contributed by atoms with Crippen molar-refractivity contribution in [1.82, 2.24) is 5.32 Å². The van der Waals surface area contributed by atoms with Gasteiger partial charge >= 0.3 is 6.18 Å². The molecule has 17 heavy (non-hydrogen) atoms. The summed E-state index contributed by atoms with van der Waals surface area (Å²) in [4.78, 5) is 11.7. The molecule has 0 aliphatic heterocycles. The summed E-state index contributed by atoms with van der Waals surface area (Å²) in [7, 11) is 0. The van der Waals surface area contributed by atoms with Gasteiger partial charge in [0.1, 0.15) is 0 Å². The summed E-state index contributed by atoms with van der Waals surface area (Å²) in [6.07, 6.45) is -3.14. The lowest BCUT2D eigenvalue weighted by Gasteiger charge is -2.30. The zero-order chi connectivity index (χ0) is 13.1. The molecule has 2 unspecified atom stereocenters. The van der Waals surface area contributed by atoms with Crippen LogP contribution in [0.15, 0.2) is 0 Å². The van der Waals surface area contributed by atoms with E-state index in [-0.39, 0.29) is 24.8 Å². The molecule has 0 aromatic carbocycles. The van der Waals surface area contributed by atoms with Gasteiger partial charge in [0.15, 0.2) is 0 Å². The summed E-state index contributed by atoms with van der Waals surface area (Å²) in [6.45, 7) is 2.03. The molecule has 0 aromatic heterocycles. The Morgan fingerprint density at radius 1 is 1.47 bits per heavy atom. The molecular weight excluding hydrogens is 233 g/mol. The summed E-state index contributed by atoms with van der Waals surface area (Å²) in [5, 5.41) is 2.64. The Balaban J connectivity index is 2.52. The fourth-order valence-electron chi connectivity index (χ4n) is 2.14. The summed E-state index contributed by atoms with van der Waals surface area (Å²) in [5.41, 5.74) is 5.35. The molecule has 0 heterocycles. The third-order valence-electron chi connectivity index (χ3n) is 3.25. The van der Waals surface area contributed by atoms with E-state index in [9.17, 15) is 18.0 Å². The molecule has 1 fully saturated rings. The van der Waals surface area contributed by atoms with Crippen molar-refractivity contribution in [3.8, 4) is 0 Å². The van der Waals surface area contributed by atoms with Gasteiger partial charge in [-0.25, -0.2) is 0 Å². The number of amides is 1. The van der Waals surface area contributed by atoms with Crippen LogP contribution in [0.4, 0.5) is 13.2 Å². The highest BCUT2D eigenvalue weighted by Crippen LogP contribution is 2.39. The average molecular weight is 252 g/mol. The maximum absolute atomic E-state index is 12.6. The Labute approximate surface area is 98.9 Å². The molecular formula is C11H19F3N2O. The predicted molar refractivity (Wildman–Crippen MR) is 58.2 cm³/mol. The lowest BCUT2D eigenvalue weighted by molar-refractivity contribution is -0.186. The standard InChI is InChI=1S/C11H19F3N2O/c1-7(6-15)16-10(17)8-3-2-4-9(5-8)11(12,13)14/h7-9H,2-6,15H2,1H3,(H,16,17)/t7-,8?,9?/m1/s1. The highest BCUT2D eigenvalue weighted by Gasteiger charge is 2.43. The Morgan fingerprint density at radius 2 is 2.12 bits per heavy atom. The van der Waals surface area contributed by atoms with E-state index in [1.54, 1.807) is 6.92 Å². The van der Waals surface area contributed by atoms with Gasteiger partial charge in [0.2, 0.25) is 5.91 Å². The summed E-state index contributed by atoms with van der Waals surface area (Å²) < 4.78 is 37.7. The van der Waals surface area contributed by atoms with E-state index in [1.807, 2.05) is 0 Å². The second-order valence-corrected chi connectivity index (χ2v) is 4.75. The summed E-state index contributed by atoms with van der Waals surface area (Å²) in [5.74, 6) is -2.15. The lowest BCUT2D eigenvalue weighted by Crippen LogP contribution is -2.43. The fraction of sp³-hybridized carbons (Fsp3) is 0.909. The first-order chi connectivity index (χ1) is 7.84. The van der Waals surface area contributed by atoms with E-state index in [0.29, 0.717) is 19.4 Å². The van der Waals surface area contributed by atoms with E-state index in [4.69, 9.17) is 5.73 Å².